The molecule has 6 nitrogen and oxygen atoms in total. The Labute approximate surface area is 83.6 Å². The van der Waals surface area contributed by atoms with Crippen molar-refractivity contribution in [2.75, 3.05) is 0 Å². The molecule has 10 heavy (non-hydrogen) atoms. The zero-order chi connectivity index (χ0) is 3.58. The monoisotopic (exact) mass is 519 g/mol. The van der Waals surface area contributed by atoms with E-state index in [0.29, 0.717) is 0 Å². The number of hydrogen-bond acceptors (Lipinski definition) is 0. The third kappa shape index (κ3) is 137. The van der Waals surface area contributed by atoms with Crippen LogP contribution >= 0.6 is 22.9 Å². The SMILES string of the molecule is O.O.O.O.O.O.[Br][Yb]([Br])[Br]. The predicted octanol–water partition coefficient (Wildman–Crippen LogP) is -2.41. The Morgan fingerprint density at radius 3 is 0.500 bits per heavy atom. The molecule has 0 aliphatic carbocycles. The first-order valence-corrected chi connectivity index (χ1v) is 11.7. The van der Waals surface area contributed by atoms with Gasteiger partial charge in [-0.1, -0.05) is 0 Å². The van der Waals surface area contributed by atoms with Gasteiger partial charge in [-0.05, 0) is 0 Å². The zero-order valence-corrected chi connectivity index (χ0v) is 10.9. The van der Waals surface area contributed by atoms with Crippen LogP contribution in [0.25, 0.3) is 0 Å². The summed E-state index contributed by atoms with van der Waals surface area (Å²) in [5, 5.41) is 0. The van der Waals surface area contributed by atoms with Gasteiger partial charge in [0.15, 0.2) is 0 Å². The predicted molar refractivity (Wildman–Crippen MR) is 48.5 cm³/mol. The Morgan fingerprint density at radius 1 is 0.500 bits per heavy atom. The third-order valence-corrected chi connectivity index (χ3v) is 0. The van der Waals surface area contributed by atoms with Crippen molar-refractivity contribution in [2.45, 2.75) is 0 Å². The fourth-order valence-corrected chi connectivity index (χ4v) is 0. The maximum atomic E-state index is 3.22. The van der Waals surface area contributed by atoms with E-state index in [0.717, 1.165) is 0 Å². The second kappa shape index (κ2) is 41.2. The number of hydrogen-bond donors (Lipinski definition) is 0. The Kier molecular flexibility index (Phi) is 220. The van der Waals surface area contributed by atoms with Gasteiger partial charge < -0.3 is 32.9 Å². The minimum absolute atomic E-state index is 0. The molecule has 0 aromatic rings. The van der Waals surface area contributed by atoms with Gasteiger partial charge in [-0.25, -0.2) is 0 Å². The van der Waals surface area contributed by atoms with Crippen LogP contribution in [0.5, 0.6) is 0 Å². The zero-order valence-electron chi connectivity index (χ0n) is 4.40. The van der Waals surface area contributed by atoms with Gasteiger partial charge in [-0.3, -0.25) is 0 Å². The summed E-state index contributed by atoms with van der Waals surface area (Å²) in [5.41, 5.74) is 0. The van der Waals surface area contributed by atoms with Crippen LogP contribution in [0.4, 0.5) is 0 Å². The molecule has 0 amide bonds. The molecule has 0 aromatic heterocycles. The van der Waals surface area contributed by atoms with E-state index in [-0.39, 0.29) is 32.9 Å². The average Bonchev–Trinajstić information content (AvgIpc) is 0.811. The number of rotatable bonds is 0. The van der Waals surface area contributed by atoms with E-state index in [2.05, 4.69) is 22.9 Å². The Hall–Kier alpha value is 2.72. The maximum absolute atomic E-state index is 3.22. The quantitative estimate of drug-likeness (QED) is 0.329. The van der Waals surface area contributed by atoms with Crippen LogP contribution in [-0.4, -0.2) is 32.9 Å². The molecule has 0 heterocycles. The molecule has 0 rings (SSSR count). The van der Waals surface area contributed by atoms with Crippen molar-refractivity contribution in [1.82, 2.24) is 0 Å². The van der Waals surface area contributed by atoms with E-state index in [9.17, 15) is 0 Å². The summed E-state index contributed by atoms with van der Waals surface area (Å²) in [5.74, 6) is 0. The molecule has 0 radical (unpaired) electrons. The molecule has 0 aromatic carbocycles. The molecule has 83 valence electrons. The molecular formula is H12Br3O6Yb. The first-order valence-electron chi connectivity index (χ1n) is 0.303. The third-order valence-electron chi connectivity index (χ3n) is 0. The summed E-state index contributed by atoms with van der Waals surface area (Å²) >= 11 is -0.572. The molecule has 10 heteroatoms. The second-order valence-corrected chi connectivity index (χ2v) is 22.9. The summed E-state index contributed by atoms with van der Waals surface area (Å²) in [6.45, 7) is 0. The molecule has 0 bridgehead atoms. The van der Waals surface area contributed by atoms with E-state index in [1.54, 1.807) is 0 Å². The summed E-state index contributed by atoms with van der Waals surface area (Å²) < 4.78 is 0. The van der Waals surface area contributed by atoms with Gasteiger partial charge >= 0.3 is 52.9 Å². The molecule has 0 saturated carbocycles. The standard InChI is InChI=1S/3BrH.6H2O.Yb/h3*1H;6*1H2;/q;;;;;;;;;+3/p-3. The summed E-state index contributed by atoms with van der Waals surface area (Å²) in [4.78, 5) is 0. The fraction of sp³-hybridized carbons (Fsp3) is 0. The van der Waals surface area contributed by atoms with Gasteiger partial charge in [-0.15, -0.1) is 0 Å². The molecule has 0 spiro atoms. The molecule has 0 atom stereocenters. The van der Waals surface area contributed by atoms with E-state index in [1.165, 1.54) is 0 Å². The molecule has 0 aliphatic heterocycles. The molecule has 12 N–H and O–H groups in total. The molecule has 0 unspecified atom stereocenters. The van der Waals surface area contributed by atoms with E-state index in [1.807, 2.05) is 0 Å². The van der Waals surface area contributed by atoms with Gasteiger partial charge in [-0.2, -0.15) is 0 Å². The van der Waals surface area contributed by atoms with Crippen LogP contribution in [0.15, 0.2) is 0 Å². The van der Waals surface area contributed by atoms with Gasteiger partial charge in [0, 0.05) is 0 Å². The first kappa shape index (κ1) is 53.4. The average molecular weight is 521 g/mol. The molecule has 0 fully saturated rings. The molecular weight excluding hydrogens is 509 g/mol. The van der Waals surface area contributed by atoms with Crippen LogP contribution in [0, 0.1) is 30.0 Å². The Bertz CT molecular complexity index is 17.7. The summed E-state index contributed by atoms with van der Waals surface area (Å²) in [6, 6.07) is 0. The van der Waals surface area contributed by atoms with Crippen LogP contribution in [-0.2, 0) is 0 Å². The number of halogens is 3. The van der Waals surface area contributed by atoms with Crippen molar-refractivity contribution < 1.29 is 62.9 Å². The normalized spacial score (nSPS) is 4.50. The van der Waals surface area contributed by atoms with Gasteiger partial charge in [0.2, 0.25) is 0 Å². The van der Waals surface area contributed by atoms with Crippen LogP contribution in [0.3, 0.4) is 0 Å². The van der Waals surface area contributed by atoms with Crippen molar-refractivity contribution in [2.24, 2.45) is 0 Å². The Morgan fingerprint density at radius 2 is 0.500 bits per heavy atom. The van der Waals surface area contributed by atoms with Crippen LogP contribution in [0.2, 0.25) is 0 Å². The van der Waals surface area contributed by atoms with E-state index >= 15 is 0 Å². The van der Waals surface area contributed by atoms with Gasteiger partial charge in [0.1, 0.15) is 0 Å². The van der Waals surface area contributed by atoms with E-state index in [4.69, 9.17) is 0 Å². The minimum atomic E-state index is -0.572. The van der Waals surface area contributed by atoms with Crippen molar-refractivity contribution in [3.05, 3.63) is 0 Å². The van der Waals surface area contributed by atoms with E-state index < -0.39 is 30.0 Å². The fourth-order valence-electron chi connectivity index (χ4n) is 0. The first-order chi connectivity index (χ1) is 1.73. The summed E-state index contributed by atoms with van der Waals surface area (Å²) in [7, 11) is 9.67. The second-order valence-electron chi connectivity index (χ2n) is 0.115. The van der Waals surface area contributed by atoms with Gasteiger partial charge in [0.25, 0.3) is 0 Å². The molecule has 0 saturated heterocycles. The van der Waals surface area contributed by atoms with Crippen molar-refractivity contribution >= 4 is 22.9 Å². The topological polar surface area (TPSA) is 189 Å². The van der Waals surface area contributed by atoms with Crippen molar-refractivity contribution in [1.29, 1.82) is 0 Å². The summed E-state index contributed by atoms with van der Waals surface area (Å²) in [6.07, 6.45) is 0. The van der Waals surface area contributed by atoms with Crippen LogP contribution in [0.1, 0.15) is 0 Å². The van der Waals surface area contributed by atoms with Crippen molar-refractivity contribution in [3.8, 4) is 0 Å². The molecule has 0 aliphatic rings. The van der Waals surface area contributed by atoms with Gasteiger partial charge in [0.05, 0.1) is 0 Å². The Balaban J connectivity index is -0.00000000300. The van der Waals surface area contributed by atoms with Crippen molar-refractivity contribution in [3.63, 3.8) is 0 Å². The van der Waals surface area contributed by atoms with Crippen LogP contribution < -0.4 is 0 Å².